The van der Waals surface area contributed by atoms with E-state index in [2.05, 4.69) is 6.92 Å². The molecule has 0 bridgehead atoms. The lowest BCUT2D eigenvalue weighted by Gasteiger charge is -2.26. The standard InChI is InChI=1S/C23H34O5/c1-5-8-9-10-11-12-17-27-21(25)23(6-2,7-3)22(26)28-20-15-13-19(14-16-20)18(4)24/h13-16H,5-12,17H2,1-4H3. The van der Waals surface area contributed by atoms with Gasteiger partial charge in [-0.05, 0) is 50.5 Å². The van der Waals surface area contributed by atoms with Crippen molar-refractivity contribution in [1.29, 1.82) is 0 Å². The zero-order chi connectivity index (χ0) is 21.0. The summed E-state index contributed by atoms with van der Waals surface area (Å²) in [5, 5.41) is 0. The summed E-state index contributed by atoms with van der Waals surface area (Å²) in [5.74, 6) is -0.880. The number of Topliss-reactive ketones (excluding diaryl/α,β-unsaturated/α-hetero) is 1. The molecule has 0 spiro atoms. The van der Waals surface area contributed by atoms with Crippen LogP contribution >= 0.6 is 0 Å². The quantitative estimate of drug-likeness (QED) is 0.146. The topological polar surface area (TPSA) is 69.7 Å². The number of hydrogen-bond donors (Lipinski definition) is 0. The fraction of sp³-hybridized carbons (Fsp3) is 0.609. The fourth-order valence-electron chi connectivity index (χ4n) is 3.06. The van der Waals surface area contributed by atoms with E-state index < -0.39 is 17.4 Å². The van der Waals surface area contributed by atoms with Crippen LogP contribution in [0.1, 0.15) is 89.4 Å². The van der Waals surface area contributed by atoms with Gasteiger partial charge in [-0.1, -0.05) is 52.9 Å². The number of benzene rings is 1. The summed E-state index contributed by atoms with van der Waals surface area (Å²) in [4.78, 5) is 36.8. The van der Waals surface area contributed by atoms with Crippen molar-refractivity contribution in [1.82, 2.24) is 0 Å². The van der Waals surface area contributed by atoms with Gasteiger partial charge >= 0.3 is 11.9 Å². The summed E-state index contributed by atoms with van der Waals surface area (Å²) in [7, 11) is 0. The Morgan fingerprint density at radius 2 is 1.39 bits per heavy atom. The minimum Gasteiger partial charge on any atom is -0.465 e. The first-order chi connectivity index (χ1) is 13.4. The summed E-state index contributed by atoms with van der Waals surface area (Å²) < 4.78 is 10.9. The first-order valence-corrected chi connectivity index (χ1v) is 10.4. The number of rotatable bonds is 13. The van der Waals surface area contributed by atoms with Gasteiger partial charge in [-0.2, -0.15) is 0 Å². The van der Waals surface area contributed by atoms with Crippen molar-refractivity contribution >= 4 is 17.7 Å². The van der Waals surface area contributed by atoms with Gasteiger partial charge in [-0.15, -0.1) is 0 Å². The lowest BCUT2D eigenvalue weighted by atomic mass is 9.82. The highest BCUT2D eigenvalue weighted by Crippen LogP contribution is 2.31. The van der Waals surface area contributed by atoms with Gasteiger partial charge in [0.15, 0.2) is 11.2 Å². The Bertz CT molecular complexity index is 629. The molecule has 0 aromatic heterocycles. The van der Waals surface area contributed by atoms with E-state index in [1.807, 2.05) is 0 Å². The Balaban J connectivity index is 2.65. The van der Waals surface area contributed by atoms with Crippen molar-refractivity contribution in [3.8, 4) is 5.75 Å². The lowest BCUT2D eigenvalue weighted by Crippen LogP contribution is -2.42. The fourth-order valence-corrected chi connectivity index (χ4v) is 3.06. The van der Waals surface area contributed by atoms with Crippen molar-refractivity contribution in [2.75, 3.05) is 6.61 Å². The van der Waals surface area contributed by atoms with Crippen LogP contribution in [0, 0.1) is 5.41 Å². The second kappa shape index (κ2) is 12.3. The normalized spacial score (nSPS) is 11.1. The molecule has 5 heteroatoms. The predicted octanol–water partition coefficient (Wildman–Crippen LogP) is 5.50. The zero-order valence-corrected chi connectivity index (χ0v) is 17.7. The van der Waals surface area contributed by atoms with Crippen molar-refractivity contribution < 1.29 is 23.9 Å². The Kier molecular flexibility index (Phi) is 10.5. The molecular formula is C23H34O5. The highest BCUT2D eigenvalue weighted by Gasteiger charge is 2.46. The number of esters is 2. The van der Waals surface area contributed by atoms with Crippen LogP contribution in [0.3, 0.4) is 0 Å². The van der Waals surface area contributed by atoms with Crippen molar-refractivity contribution in [3.05, 3.63) is 29.8 Å². The van der Waals surface area contributed by atoms with Crippen molar-refractivity contribution in [2.45, 2.75) is 79.1 Å². The lowest BCUT2D eigenvalue weighted by molar-refractivity contribution is -0.168. The van der Waals surface area contributed by atoms with Crippen LogP contribution in [0.2, 0.25) is 0 Å². The maximum atomic E-state index is 12.8. The largest absolute Gasteiger partial charge is 0.465 e. The Morgan fingerprint density at radius 3 is 1.93 bits per heavy atom. The van der Waals surface area contributed by atoms with Gasteiger partial charge in [0.05, 0.1) is 6.61 Å². The van der Waals surface area contributed by atoms with E-state index in [0.717, 1.165) is 19.3 Å². The van der Waals surface area contributed by atoms with Crippen molar-refractivity contribution in [3.63, 3.8) is 0 Å². The molecule has 0 aliphatic rings. The van der Waals surface area contributed by atoms with Crippen molar-refractivity contribution in [2.24, 2.45) is 5.41 Å². The van der Waals surface area contributed by atoms with E-state index in [9.17, 15) is 14.4 Å². The van der Waals surface area contributed by atoms with E-state index in [-0.39, 0.29) is 5.78 Å². The van der Waals surface area contributed by atoms with Gasteiger partial charge in [-0.25, -0.2) is 0 Å². The summed E-state index contributed by atoms with van der Waals surface area (Å²) in [6.07, 6.45) is 7.21. The van der Waals surface area contributed by atoms with Gasteiger partial charge in [0, 0.05) is 5.56 Å². The smallest absolute Gasteiger partial charge is 0.328 e. The molecule has 0 N–H and O–H groups in total. The highest BCUT2D eigenvalue weighted by atomic mass is 16.6. The Morgan fingerprint density at radius 1 is 0.821 bits per heavy atom. The third-order valence-electron chi connectivity index (χ3n) is 5.19. The van der Waals surface area contributed by atoms with E-state index >= 15 is 0 Å². The summed E-state index contributed by atoms with van der Waals surface area (Å²) in [6.45, 7) is 7.55. The minimum atomic E-state index is -1.30. The molecular weight excluding hydrogens is 356 g/mol. The molecule has 28 heavy (non-hydrogen) atoms. The molecule has 0 aliphatic heterocycles. The molecule has 0 fully saturated rings. The molecule has 5 nitrogen and oxygen atoms in total. The predicted molar refractivity (Wildman–Crippen MR) is 109 cm³/mol. The maximum Gasteiger partial charge on any atom is 0.328 e. The molecule has 1 aromatic rings. The first-order valence-electron chi connectivity index (χ1n) is 10.4. The van der Waals surface area contributed by atoms with Gasteiger partial charge in [0.25, 0.3) is 0 Å². The number of carbonyl (C=O) groups is 3. The average molecular weight is 391 g/mol. The molecule has 0 saturated carbocycles. The van der Waals surface area contributed by atoms with Crippen LogP contribution in [0.15, 0.2) is 24.3 Å². The molecule has 0 heterocycles. The molecule has 1 aromatic carbocycles. The third kappa shape index (κ3) is 6.77. The maximum absolute atomic E-state index is 12.8. The molecule has 0 saturated heterocycles. The Labute approximate surface area is 168 Å². The number of ketones is 1. The SMILES string of the molecule is CCCCCCCCOC(=O)C(CC)(CC)C(=O)Oc1ccc(C(C)=O)cc1. The average Bonchev–Trinajstić information content (AvgIpc) is 2.69. The van der Waals surface area contributed by atoms with Crippen LogP contribution in [0.4, 0.5) is 0 Å². The molecule has 0 amide bonds. The second-order valence-electron chi connectivity index (χ2n) is 7.16. The van der Waals surface area contributed by atoms with Crippen LogP contribution in [-0.4, -0.2) is 24.3 Å². The minimum absolute atomic E-state index is 0.0624. The van der Waals surface area contributed by atoms with Gasteiger partial charge in [-0.3, -0.25) is 14.4 Å². The Hall–Kier alpha value is -2.17. The van der Waals surface area contributed by atoms with Crippen LogP contribution in [0.5, 0.6) is 5.75 Å². The van der Waals surface area contributed by atoms with E-state index in [0.29, 0.717) is 30.8 Å². The second-order valence-corrected chi connectivity index (χ2v) is 7.16. The summed E-state index contributed by atoms with van der Waals surface area (Å²) in [5.41, 5.74) is -0.767. The third-order valence-corrected chi connectivity index (χ3v) is 5.19. The van der Waals surface area contributed by atoms with E-state index in [1.54, 1.807) is 38.1 Å². The summed E-state index contributed by atoms with van der Waals surface area (Å²) in [6, 6.07) is 6.32. The molecule has 156 valence electrons. The van der Waals surface area contributed by atoms with Crippen LogP contribution in [0.25, 0.3) is 0 Å². The number of unbranched alkanes of at least 4 members (excludes halogenated alkanes) is 5. The molecule has 0 atom stereocenters. The molecule has 0 aliphatic carbocycles. The number of ether oxygens (including phenoxy) is 2. The molecule has 1 rings (SSSR count). The highest BCUT2D eigenvalue weighted by molar-refractivity contribution is 6.01. The zero-order valence-electron chi connectivity index (χ0n) is 17.7. The van der Waals surface area contributed by atoms with Crippen LogP contribution in [-0.2, 0) is 14.3 Å². The first kappa shape index (κ1) is 23.9. The van der Waals surface area contributed by atoms with Gasteiger partial charge in [0.1, 0.15) is 5.75 Å². The summed E-state index contributed by atoms with van der Waals surface area (Å²) >= 11 is 0. The van der Waals surface area contributed by atoms with Gasteiger partial charge < -0.3 is 9.47 Å². The van der Waals surface area contributed by atoms with Gasteiger partial charge in [0.2, 0.25) is 0 Å². The van der Waals surface area contributed by atoms with E-state index in [4.69, 9.17) is 9.47 Å². The monoisotopic (exact) mass is 390 g/mol. The molecule has 0 radical (unpaired) electrons. The molecule has 0 unspecified atom stereocenters. The number of carbonyl (C=O) groups excluding carboxylic acids is 3. The van der Waals surface area contributed by atoms with Crippen LogP contribution < -0.4 is 4.74 Å². The number of hydrogen-bond acceptors (Lipinski definition) is 5. The van der Waals surface area contributed by atoms with E-state index in [1.165, 1.54) is 26.2 Å².